The first-order valence-corrected chi connectivity index (χ1v) is 8.14. The number of benzene rings is 1. The minimum absolute atomic E-state index is 0.193. The van der Waals surface area contributed by atoms with Gasteiger partial charge in [-0.2, -0.15) is 0 Å². The monoisotopic (exact) mass is 301 g/mol. The number of anilines is 2. The average Bonchev–Trinajstić information content (AvgIpc) is 2.44. The van der Waals surface area contributed by atoms with E-state index in [1.165, 1.54) is 19.2 Å². The Balaban J connectivity index is 2.59. The zero-order valence-corrected chi connectivity index (χ0v) is 12.8. The van der Waals surface area contributed by atoms with Gasteiger partial charge in [0.05, 0.1) is 16.3 Å². The highest BCUT2D eigenvalue weighted by atomic mass is 32.2. The largest absolute Gasteiger partial charge is 0.397 e. The van der Waals surface area contributed by atoms with Crippen LogP contribution in [0.3, 0.4) is 0 Å². The molecule has 0 saturated carbocycles. The van der Waals surface area contributed by atoms with Gasteiger partial charge in [-0.25, -0.2) is 13.1 Å². The molecule has 0 amide bonds. The maximum absolute atomic E-state index is 11.7. The van der Waals surface area contributed by atoms with Crippen LogP contribution in [0.2, 0.25) is 0 Å². The van der Waals surface area contributed by atoms with Crippen LogP contribution in [0, 0.1) is 0 Å². The average molecular weight is 301 g/mol. The molecule has 0 atom stereocenters. The van der Waals surface area contributed by atoms with Gasteiger partial charge in [-0.3, -0.25) is 0 Å². The van der Waals surface area contributed by atoms with Crippen molar-refractivity contribution in [1.29, 1.82) is 0 Å². The van der Waals surface area contributed by atoms with Crippen LogP contribution in [-0.4, -0.2) is 35.2 Å². The first-order valence-electron chi connectivity index (χ1n) is 6.66. The van der Waals surface area contributed by atoms with Gasteiger partial charge in [0.15, 0.2) is 0 Å². The molecule has 1 rings (SSSR count). The Bertz CT molecular complexity index is 518. The Morgan fingerprint density at radius 2 is 2.05 bits per heavy atom. The standard InChI is InChI=1S/C13H23N3O3S/c1-3-8-19-9-4-7-16-13-10-11(5-6-12(13)14)20(17,18)15-2/h5-6,10,15-16H,3-4,7-9,14H2,1-2H3. The fourth-order valence-corrected chi connectivity index (χ4v) is 2.37. The van der Waals surface area contributed by atoms with E-state index in [2.05, 4.69) is 17.0 Å². The summed E-state index contributed by atoms with van der Waals surface area (Å²) in [4.78, 5) is 0.193. The third-order valence-corrected chi connectivity index (χ3v) is 4.15. The van der Waals surface area contributed by atoms with Gasteiger partial charge in [0.2, 0.25) is 10.0 Å². The Morgan fingerprint density at radius 1 is 1.30 bits per heavy atom. The molecule has 0 unspecified atom stereocenters. The summed E-state index contributed by atoms with van der Waals surface area (Å²) in [7, 11) is -2.07. The maximum atomic E-state index is 11.7. The first kappa shape index (κ1) is 16.7. The lowest BCUT2D eigenvalue weighted by Crippen LogP contribution is -2.19. The highest BCUT2D eigenvalue weighted by Gasteiger charge is 2.12. The van der Waals surface area contributed by atoms with Crippen molar-refractivity contribution in [2.75, 3.05) is 37.9 Å². The third kappa shape index (κ3) is 4.99. The van der Waals surface area contributed by atoms with E-state index in [0.29, 0.717) is 24.5 Å². The minimum atomic E-state index is -3.45. The quantitative estimate of drug-likeness (QED) is 0.473. The van der Waals surface area contributed by atoms with E-state index in [9.17, 15) is 8.42 Å². The van der Waals surface area contributed by atoms with Crippen LogP contribution in [-0.2, 0) is 14.8 Å². The maximum Gasteiger partial charge on any atom is 0.240 e. The van der Waals surface area contributed by atoms with Gasteiger partial charge in [0.1, 0.15) is 0 Å². The van der Waals surface area contributed by atoms with Crippen LogP contribution in [0.5, 0.6) is 0 Å². The molecule has 4 N–H and O–H groups in total. The smallest absolute Gasteiger partial charge is 0.240 e. The molecule has 0 aliphatic rings. The van der Waals surface area contributed by atoms with Gasteiger partial charge >= 0.3 is 0 Å². The van der Waals surface area contributed by atoms with E-state index < -0.39 is 10.0 Å². The van der Waals surface area contributed by atoms with E-state index in [-0.39, 0.29) is 4.90 Å². The number of nitrogens with one attached hydrogen (secondary N) is 2. The van der Waals surface area contributed by atoms with Gasteiger partial charge in [-0.1, -0.05) is 6.92 Å². The molecule has 7 heteroatoms. The number of ether oxygens (including phenoxy) is 1. The van der Waals surface area contributed by atoms with Gasteiger partial charge < -0.3 is 15.8 Å². The molecule has 0 spiro atoms. The molecule has 0 fully saturated rings. The second-order valence-electron chi connectivity index (χ2n) is 4.35. The molecular weight excluding hydrogens is 278 g/mol. The molecular formula is C13H23N3O3S. The van der Waals surface area contributed by atoms with E-state index in [4.69, 9.17) is 10.5 Å². The molecule has 0 bridgehead atoms. The Kier molecular flexibility index (Phi) is 6.77. The van der Waals surface area contributed by atoms with E-state index in [0.717, 1.165) is 19.4 Å². The van der Waals surface area contributed by atoms with Crippen LogP contribution in [0.1, 0.15) is 19.8 Å². The highest BCUT2D eigenvalue weighted by Crippen LogP contribution is 2.22. The molecule has 0 radical (unpaired) electrons. The fraction of sp³-hybridized carbons (Fsp3) is 0.538. The molecule has 114 valence electrons. The Labute approximate surface area is 120 Å². The van der Waals surface area contributed by atoms with Gasteiger partial charge in [0.25, 0.3) is 0 Å². The topological polar surface area (TPSA) is 93.4 Å². The summed E-state index contributed by atoms with van der Waals surface area (Å²) >= 11 is 0. The molecule has 0 aliphatic heterocycles. The van der Waals surface area contributed by atoms with Crippen molar-refractivity contribution in [3.8, 4) is 0 Å². The van der Waals surface area contributed by atoms with Crippen LogP contribution < -0.4 is 15.8 Å². The lowest BCUT2D eigenvalue weighted by atomic mass is 10.2. The van der Waals surface area contributed by atoms with Crippen molar-refractivity contribution in [2.45, 2.75) is 24.7 Å². The second-order valence-corrected chi connectivity index (χ2v) is 6.24. The number of nitrogens with two attached hydrogens (primary N) is 1. The number of rotatable bonds is 9. The number of hydrogen-bond donors (Lipinski definition) is 3. The van der Waals surface area contributed by atoms with Crippen molar-refractivity contribution in [3.05, 3.63) is 18.2 Å². The molecule has 0 saturated heterocycles. The van der Waals surface area contributed by atoms with Crippen LogP contribution >= 0.6 is 0 Å². The van der Waals surface area contributed by atoms with Crippen LogP contribution in [0.25, 0.3) is 0 Å². The van der Waals surface area contributed by atoms with Crippen molar-refractivity contribution in [3.63, 3.8) is 0 Å². The summed E-state index contributed by atoms with van der Waals surface area (Å²) in [5.41, 5.74) is 6.97. The van der Waals surface area contributed by atoms with Crippen molar-refractivity contribution < 1.29 is 13.2 Å². The summed E-state index contributed by atoms with van der Waals surface area (Å²) in [6.45, 7) is 4.18. The number of sulfonamides is 1. The molecule has 0 aromatic heterocycles. The summed E-state index contributed by atoms with van der Waals surface area (Å²) in [6.07, 6.45) is 1.84. The number of hydrogen-bond acceptors (Lipinski definition) is 5. The van der Waals surface area contributed by atoms with E-state index >= 15 is 0 Å². The van der Waals surface area contributed by atoms with Gasteiger partial charge in [0, 0.05) is 19.8 Å². The molecule has 0 aliphatic carbocycles. The van der Waals surface area contributed by atoms with Crippen molar-refractivity contribution >= 4 is 21.4 Å². The van der Waals surface area contributed by atoms with Crippen molar-refractivity contribution in [1.82, 2.24) is 4.72 Å². The molecule has 0 heterocycles. The molecule has 20 heavy (non-hydrogen) atoms. The molecule has 6 nitrogen and oxygen atoms in total. The van der Waals surface area contributed by atoms with Crippen molar-refractivity contribution in [2.24, 2.45) is 0 Å². The van der Waals surface area contributed by atoms with Gasteiger partial charge in [-0.15, -0.1) is 0 Å². The molecule has 1 aromatic rings. The van der Waals surface area contributed by atoms with Gasteiger partial charge in [-0.05, 0) is 38.1 Å². The highest BCUT2D eigenvalue weighted by molar-refractivity contribution is 7.89. The Morgan fingerprint density at radius 3 is 2.70 bits per heavy atom. The van der Waals surface area contributed by atoms with E-state index in [1.807, 2.05) is 0 Å². The zero-order chi connectivity index (χ0) is 15.0. The predicted octanol–water partition coefficient (Wildman–Crippen LogP) is 1.41. The lowest BCUT2D eigenvalue weighted by Gasteiger charge is -2.11. The van der Waals surface area contributed by atoms with Crippen LogP contribution in [0.15, 0.2) is 23.1 Å². The Hall–Kier alpha value is -1.31. The second kappa shape index (κ2) is 8.08. The number of nitrogen functional groups attached to an aromatic ring is 1. The lowest BCUT2D eigenvalue weighted by molar-refractivity contribution is 0.134. The summed E-state index contributed by atoms with van der Waals surface area (Å²) < 4.78 is 31.1. The minimum Gasteiger partial charge on any atom is -0.397 e. The zero-order valence-electron chi connectivity index (χ0n) is 12.0. The predicted molar refractivity (Wildman–Crippen MR) is 81.3 cm³/mol. The third-order valence-electron chi connectivity index (χ3n) is 2.73. The fourth-order valence-electron chi connectivity index (χ4n) is 1.62. The molecule has 1 aromatic carbocycles. The summed E-state index contributed by atoms with van der Waals surface area (Å²) in [6, 6.07) is 4.60. The first-order chi connectivity index (χ1) is 9.51. The van der Waals surface area contributed by atoms with Crippen LogP contribution in [0.4, 0.5) is 11.4 Å². The SMILES string of the molecule is CCCOCCCNc1cc(S(=O)(=O)NC)ccc1N. The summed E-state index contributed by atoms with van der Waals surface area (Å²) in [5, 5.41) is 3.13. The normalized spacial score (nSPS) is 11.5. The summed E-state index contributed by atoms with van der Waals surface area (Å²) in [5.74, 6) is 0. The van der Waals surface area contributed by atoms with E-state index in [1.54, 1.807) is 6.07 Å².